The molecule has 0 saturated carbocycles. The second-order valence-electron chi connectivity index (χ2n) is 6.48. The van der Waals surface area contributed by atoms with E-state index < -0.39 is 0 Å². The molecule has 2 nitrogen and oxygen atoms in total. The van der Waals surface area contributed by atoms with Crippen molar-refractivity contribution in [3.63, 3.8) is 0 Å². The summed E-state index contributed by atoms with van der Waals surface area (Å²) in [5.41, 5.74) is 5.02. The molecule has 0 amide bonds. The number of fused-ring (bicyclic) bond motifs is 1. The Labute approximate surface area is 116 Å². The van der Waals surface area contributed by atoms with Crippen molar-refractivity contribution in [3.05, 3.63) is 34.9 Å². The molecule has 1 N–H and O–H groups in total. The molecule has 2 aliphatic rings. The standard InChI is InChI=1S/C17H25NO/c1-17(7-9-19-10-8-17)13-18-12-14-5-6-15-3-2-4-16(15)11-14/h5-6,11,18H,2-4,7-10,12-13H2,1H3. The van der Waals surface area contributed by atoms with Crippen molar-refractivity contribution in [1.82, 2.24) is 5.32 Å². The van der Waals surface area contributed by atoms with Gasteiger partial charge in [0.25, 0.3) is 0 Å². The van der Waals surface area contributed by atoms with Crippen molar-refractivity contribution >= 4 is 0 Å². The molecular weight excluding hydrogens is 234 g/mol. The number of ether oxygens (including phenoxy) is 1. The van der Waals surface area contributed by atoms with Crippen LogP contribution in [0.15, 0.2) is 18.2 Å². The van der Waals surface area contributed by atoms with Crippen molar-refractivity contribution in [2.24, 2.45) is 5.41 Å². The molecule has 0 radical (unpaired) electrons. The Balaban J connectivity index is 1.52. The fourth-order valence-electron chi connectivity index (χ4n) is 3.28. The Morgan fingerprint density at radius 3 is 2.79 bits per heavy atom. The Hall–Kier alpha value is -0.860. The fraction of sp³-hybridized carbons (Fsp3) is 0.647. The molecule has 0 spiro atoms. The summed E-state index contributed by atoms with van der Waals surface area (Å²) < 4.78 is 5.45. The van der Waals surface area contributed by atoms with Crippen LogP contribution in [0.3, 0.4) is 0 Å². The number of benzene rings is 1. The van der Waals surface area contributed by atoms with Crippen LogP contribution in [0, 0.1) is 5.41 Å². The maximum Gasteiger partial charge on any atom is 0.0471 e. The molecule has 2 heteroatoms. The lowest BCUT2D eigenvalue weighted by Crippen LogP contribution is -2.36. The first-order valence-corrected chi connectivity index (χ1v) is 7.64. The lowest BCUT2D eigenvalue weighted by molar-refractivity contribution is 0.0240. The van der Waals surface area contributed by atoms with E-state index in [1.807, 2.05) is 0 Å². The molecule has 1 aromatic rings. The van der Waals surface area contributed by atoms with Crippen LogP contribution >= 0.6 is 0 Å². The third-order valence-electron chi connectivity index (χ3n) is 4.74. The molecule has 0 unspecified atom stereocenters. The maximum absolute atomic E-state index is 5.45. The predicted molar refractivity (Wildman–Crippen MR) is 78.3 cm³/mol. The summed E-state index contributed by atoms with van der Waals surface area (Å²) >= 11 is 0. The first-order chi connectivity index (χ1) is 9.25. The molecule has 1 heterocycles. The lowest BCUT2D eigenvalue weighted by atomic mass is 9.82. The van der Waals surface area contributed by atoms with Crippen molar-refractivity contribution < 1.29 is 4.74 Å². The number of hydrogen-bond donors (Lipinski definition) is 1. The van der Waals surface area contributed by atoms with E-state index in [0.29, 0.717) is 5.41 Å². The monoisotopic (exact) mass is 259 g/mol. The van der Waals surface area contributed by atoms with Crippen LogP contribution in [-0.2, 0) is 24.1 Å². The van der Waals surface area contributed by atoms with Gasteiger partial charge in [-0.3, -0.25) is 0 Å². The van der Waals surface area contributed by atoms with E-state index in [4.69, 9.17) is 4.74 Å². The maximum atomic E-state index is 5.45. The topological polar surface area (TPSA) is 21.3 Å². The van der Waals surface area contributed by atoms with Crippen LogP contribution in [0.1, 0.15) is 42.9 Å². The molecule has 1 aliphatic carbocycles. The van der Waals surface area contributed by atoms with E-state index in [9.17, 15) is 0 Å². The van der Waals surface area contributed by atoms with Gasteiger partial charge in [0.2, 0.25) is 0 Å². The smallest absolute Gasteiger partial charge is 0.0471 e. The van der Waals surface area contributed by atoms with Gasteiger partial charge >= 0.3 is 0 Å². The summed E-state index contributed by atoms with van der Waals surface area (Å²) in [5, 5.41) is 3.65. The number of rotatable bonds is 4. The van der Waals surface area contributed by atoms with E-state index in [0.717, 1.165) is 26.3 Å². The largest absolute Gasteiger partial charge is 0.381 e. The Morgan fingerprint density at radius 2 is 1.95 bits per heavy atom. The molecule has 0 bridgehead atoms. The van der Waals surface area contributed by atoms with E-state index in [1.54, 1.807) is 11.1 Å². The van der Waals surface area contributed by atoms with Crippen molar-refractivity contribution in [2.75, 3.05) is 19.8 Å². The molecule has 0 atom stereocenters. The minimum absolute atomic E-state index is 0.426. The zero-order chi connectivity index (χ0) is 13.1. The van der Waals surface area contributed by atoms with Gasteiger partial charge in [-0.1, -0.05) is 25.1 Å². The second-order valence-corrected chi connectivity index (χ2v) is 6.48. The highest BCUT2D eigenvalue weighted by Gasteiger charge is 2.26. The third kappa shape index (κ3) is 3.18. The number of nitrogens with one attached hydrogen (secondary N) is 1. The molecule has 3 rings (SSSR count). The van der Waals surface area contributed by atoms with Gasteiger partial charge in [0.1, 0.15) is 0 Å². The summed E-state index contributed by atoms with van der Waals surface area (Å²) in [6.45, 7) is 6.34. The van der Waals surface area contributed by atoms with Gasteiger partial charge in [0.05, 0.1) is 0 Å². The van der Waals surface area contributed by atoms with Gasteiger partial charge in [0, 0.05) is 26.3 Å². The second kappa shape index (κ2) is 5.64. The average molecular weight is 259 g/mol. The van der Waals surface area contributed by atoms with Crippen molar-refractivity contribution in [3.8, 4) is 0 Å². The van der Waals surface area contributed by atoms with Crippen LogP contribution in [-0.4, -0.2) is 19.8 Å². The van der Waals surface area contributed by atoms with Gasteiger partial charge < -0.3 is 10.1 Å². The Bertz CT molecular complexity index is 435. The molecule has 19 heavy (non-hydrogen) atoms. The average Bonchev–Trinajstić information content (AvgIpc) is 2.87. The van der Waals surface area contributed by atoms with Gasteiger partial charge in [0.15, 0.2) is 0 Å². The molecule has 1 aliphatic heterocycles. The van der Waals surface area contributed by atoms with Crippen LogP contribution in [0.2, 0.25) is 0 Å². The number of aryl methyl sites for hydroxylation is 2. The highest BCUT2D eigenvalue weighted by molar-refractivity contribution is 5.35. The first-order valence-electron chi connectivity index (χ1n) is 7.64. The number of hydrogen-bond acceptors (Lipinski definition) is 2. The minimum atomic E-state index is 0.426. The van der Waals surface area contributed by atoms with E-state index in [1.165, 1.54) is 37.7 Å². The highest BCUT2D eigenvalue weighted by atomic mass is 16.5. The quantitative estimate of drug-likeness (QED) is 0.897. The fourth-order valence-corrected chi connectivity index (χ4v) is 3.28. The normalized spacial score (nSPS) is 21.3. The predicted octanol–water partition coefficient (Wildman–Crippen LogP) is 3.08. The Kier molecular flexibility index (Phi) is 3.90. The van der Waals surface area contributed by atoms with Gasteiger partial charge in [-0.05, 0) is 54.2 Å². The van der Waals surface area contributed by atoms with Crippen molar-refractivity contribution in [2.45, 2.75) is 45.6 Å². The van der Waals surface area contributed by atoms with E-state index in [2.05, 4.69) is 30.4 Å². The van der Waals surface area contributed by atoms with Crippen LogP contribution in [0.5, 0.6) is 0 Å². The zero-order valence-electron chi connectivity index (χ0n) is 12.0. The van der Waals surface area contributed by atoms with Gasteiger partial charge in [-0.2, -0.15) is 0 Å². The summed E-state index contributed by atoms with van der Waals surface area (Å²) in [6.07, 6.45) is 6.26. The zero-order valence-corrected chi connectivity index (χ0v) is 12.0. The molecule has 0 aromatic heterocycles. The van der Waals surface area contributed by atoms with Crippen LogP contribution < -0.4 is 5.32 Å². The molecule has 1 fully saturated rings. The Morgan fingerprint density at radius 1 is 1.16 bits per heavy atom. The van der Waals surface area contributed by atoms with Gasteiger partial charge in [-0.25, -0.2) is 0 Å². The van der Waals surface area contributed by atoms with Crippen LogP contribution in [0.4, 0.5) is 0 Å². The molecular formula is C17H25NO. The molecule has 1 saturated heterocycles. The molecule has 104 valence electrons. The summed E-state index contributed by atoms with van der Waals surface area (Å²) in [5.74, 6) is 0. The van der Waals surface area contributed by atoms with E-state index >= 15 is 0 Å². The van der Waals surface area contributed by atoms with Crippen LogP contribution in [0.25, 0.3) is 0 Å². The van der Waals surface area contributed by atoms with E-state index in [-0.39, 0.29) is 0 Å². The summed E-state index contributed by atoms with van der Waals surface area (Å²) in [6, 6.07) is 7.03. The van der Waals surface area contributed by atoms with Gasteiger partial charge in [-0.15, -0.1) is 0 Å². The third-order valence-corrected chi connectivity index (χ3v) is 4.74. The summed E-state index contributed by atoms with van der Waals surface area (Å²) in [4.78, 5) is 0. The van der Waals surface area contributed by atoms with Crippen molar-refractivity contribution in [1.29, 1.82) is 0 Å². The minimum Gasteiger partial charge on any atom is -0.381 e. The highest BCUT2D eigenvalue weighted by Crippen LogP contribution is 2.29. The summed E-state index contributed by atoms with van der Waals surface area (Å²) in [7, 11) is 0. The first kappa shape index (κ1) is 13.1. The molecule has 1 aromatic carbocycles. The lowest BCUT2D eigenvalue weighted by Gasteiger charge is -2.33. The SMILES string of the molecule is CC1(CNCc2ccc3c(c2)CCC3)CCOCC1.